The minimum Gasteiger partial charge on any atom is -0.504 e. The van der Waals surface area contributed by atoms with Crippen LogP contribution < -0.4 is 0 Å². The zero-order chi connectivity index (χ0) is 13.8. The summed E-state index contributed by atoms with van der Waals surface area (Å²) in [5, 5.41) is 18.4. The zero-order valence-electron chi connectivity index (χ0n) is 9.84. The normalized spacial score (nSPS) is 10.2. The first-order valence-electron chi connectivity index (χ1n) is 5.50. The Labute approximate surface area is 108 Å². The number of carbonyl (C=O) groups excluding carboxylic acids is 1. The van der Waals surface area contributed by atoms with Crippen molar-refractivity contribution >= 4 is 5.97 Å². The van der Waals surface area contributed by atoms with Crippen molar-refractivity contribution < 1.29 is 24.1 Å². The van der Waals surface area contributed by atoms with Gasteiger partial charge in [0.05, 0.1) is 5.56 Å². The number of carbonyl (C=O) groups is 1. The first kappa shape index (κ1) is 12.9. The van der Waals surface area contributed by atoms with Gasteiger partial charge in [-0.3, -0.25) is 0 Å². The van der Waals surface area contributed by atoms with Gasteiger partial charge in [0.2, 0.25) is 0 Å². The molecular weight excluding hydrogens is 251 g/mol. The van der Waals surface area contributed by atoms with E-state index in [-0.39, 0.29) is 23.5 Å². The van der Waals surface area contributed by atoms with Gasteiger partial charge < -0.3 is 14.9 Å². The SMILES string of the molecule is O=C(OCc1ccccc1F)c1ccc(O)c(O)c1. The van der Waals surface area contributed by atoms with Crippen LogP contribution in [0.4, 0.5) is 4.39 Å². The molecule has 0 bridgehead atoms. The first-order chi connectivity index (χ1) is 9.08. The minimum absolute atomic E-state index is 0.0756. The van der Waals surface area contributed by atoms with Gasteiger partial charge in [0.15, 0.2) is 11.5 Å². The number of hydrogen-bond acceptors (Lipinski definition) is 4. The highest BCUT2D eigenvalue weighted by Crippen LogP contribution is 2.25. The van der Waals surface area contributed by atoms with Crippen molar-refractivity contribution in [2.75, 3.05) is 0 Å². The Balaban J connectivity index is 2.05. The Morgan fingerprint density at radius 2 is 1.84 bits per heavy atom. The largest absolute Gasteiger partial charge is 0.504 e. The highest BCUT2D eigenvalue weighted by molar-refractivity contribution is 5.90. The highest BCUT2D eigenvalue weighted by Gasteiger charge is 2.11. The number of halogens is 1. The maximum absolute atomic E-state index is 13.3. The Kier molecular flexibility index (Phi) is 3.66. The van der Waals surface area contributed by atoms with Crippen molar-refractivity contribution in [3.63, 3.8) is 0 Å². The van der Waals surface area contributed by atoms with Crippen LogP contribution in [0.2, 0.25) is 0 Å². The van der Waals surface area contributed by atoms with Crippen LogP contribution in [-0.4, -0.2) is 16.2 Å². The van der Waals surface area contributed by atoms with E-state index in [0.29, 0.717) is 0 Å². The summed E-state index contributed by atoms with van der Waals surface area (Å²) in [4.78, 5) is 11.7. The molecule has 0 aliphatic heterocycles. The summed E-state index contributed by atoms with van der Waals surface area (Å²) < 4.78 is 18.2. The van der Waals surface area contributed by atoms with E-state index in [1.807, 2.05) is 0 Å². The lowest BCUT2D eigenvalue weighted by molar-refractivity contribution is 0.0468. The van der Waals surface area contributed by atoms with E-state index in [0.717, 1.165) is 6.07 Å². The molecule has 0 unspecified atom stereocenters. The fraction of sp³-hybridized carbons (Fsp3) is 0.0714. The van der Waals surface area contributed by atoms with Gasteiger partial charge in [0, 0.05) is 5.56 Å². The Hall–Kier alpha value is -2.56. The predicted octanol–water partition coefficient (Wildman–Crippen LogP) is 2.59. The monoisotopic (exact) mass is 262 g/mol. The number of phenols is 2. The zero-order valence-corrected chi connectivity index (χ0v) is 9.84. The molecule has 19 heavy (non-hydrogen) atoms. The molecule has 0 fully saturated rings. The second-order valence-electron chi connectivity index (χ2n) is 3.87. The van der Waals surface area contributed by atoms with Gasteiger partial charge >= 0.3 is 5.97 Å². The smallest absolute Gasteiger partial charge is 0.338 e. The van der Waals surface area contributed by atoms with E-state index in [1.54, 1.807) is 12.1 Å². The molecule has 2 aromatic rings. The van der Waals surface area contributed by atoms with Crippen LogP contribution in [-0.2, 0) is 11.3 Å². The Morgan fingerprint density at radius 1 is 1.11 bits per heavy atom. The van der Waals surface area contributed by atoms with E-state index in [9.17, 15) is 14.3 Å². The van der Waals surface area contributed by atoms with Crippen LogP contribution in [0.1, 0.15) is 15.9 Å². The van der Waals surface area contributed by atoms with Crippen LogP contribution in [0.3, 0.4) is 0 Å². The second kappa shape index (κ2) is 5.39. The van der Waals surface area contributed by atoms with Gasteiger partial charge in [0.1, 0.15) is 12.4 Å². The summed E-state index contributed by atoms with van der Waals surface area (Å²) in [7, 11) is 0. The van der Waals surface area contributed by atoms with Crippen LogP contribution in [0, 0.1) is 5.82 Å². The highest BCUT2D eigenvalue weighted by atomic mass is 19.1. The lowest BCUT2D eigenvalue weighted by Gasteiger charge is -2.06. The summed E-state index contributed by atoms with van der Waals surface area (Å²) in [6.45, 7) is -0.201. The molecule has 0 heterocycles. The second-order valence-corrected chi connectivity index (χ2v) is 3.87. The van der Waals surface area contributed by atoms with Crippen molar-refractivity contribution in [3.05, 3.63) is 59.4 Å². The van der Waals surface area contributed by atoms with Gasteiger partial charge in [-0.15, -0.1) is 0 Å². The number of rotatable bonds is 3. The summed E-state index contributed by atoms with van der Waals surface area (Å²) in [6.07, 6.45) is 0. The molecule has 0 saturated carbocycles. The molecule has 0 spiro atoms. The van der Waals surface area contributed by atoms with Gasteiger partial charge in [-0.25, -0.2) is 9.18 Å². The molecule has 0 aliphatic carbocycles. The van der Waals surface area contributed by atoms with Crippen LogP contribution in [0.5, 0.6) is 11.5 Å². The first-order valence-corrected chi connectivity index (χ1v) is 5.50. The molecule has 0 saturated heterocycles. The number of phenolic OH excluding ortho intramolecular Hbond substituents is 2. The summed E-state index contributed by atoms with van der Waals surface area (Å²) in [5.41, 5.74) is 0.338. The molecular formula is C14H11FO4. The van der Waals surface area contributed by atoms with E-state index in [1.165, 1.54) is 24.3 Å². The molecule has 5 heteroatoms. The summed E-state index contributed by atoms with van der Waals surface area (Å²) >= 11 is 0. The van der Waals surface area contributed by atoms with Crippen molar-refractivity contribution in [2.24, 2.45) is 0 Å². The maximum atomic E-state index is 13.3. The summed E-state index contributed by atoms with van der Waals surface area (Å²) in [6, 6.07) is 9.52. The Bertz CT molecular complexity index is 610. The number of benzene rings is 2. The van der Waals surface area contributed by atoms with Crippen molar-refractivity contribution in [2.45, 2.75) is 6.61 Å². The minimum atomic E-state index is -0.710. The maximum Gasteiger partial charge on any atom is 0.338 e. The third-order valence-electron chi connectivity index (χ3n) is 2.53. The van der Waals surface area contributed by atoms with E-state index in [4.69, 9.17) is 9.84 Å². The van der Waals surface area contributed by atoms with Crippen LogP contribution >= 0.6 is 0 Å². The van der Waals surface area contributed by atoms with Gasteiger partial charge in [-0.1, -0.05) is 18.2 Å². The predicted molar refractivity (Wildman–Crippen MR) is 65.3 cm³/mol. The van der Waals surface area contributed by atoms with E-state index < -0.39 is 17.5 Å². The number of ether oxygens (including phenoxy) is 1. The average Bonchev–Trinajstić information content (AvgIpc) is 2.40. The third-order valence-corrected chi connectivity index (χ3v) is 2.53. The average molecular weight is 262 g/mol. The van der Waals surface area contributed by atoms with Crippen LogP contribution in [0.25, 0.3) is 0 Å². The number of hydrogen-bond donors (Lipinski definition) is 2. The molecule has 0 radical (unpaired) electrons. The van der Waals surface area contributed by atoms with Crippen molar-refractivity contribution in [1.82, 2.24) is 0 Å². The lowest BCUT2D eigenvalue weighted by Crippen LogP contribution is -2.06. The fourth-order valence-corrected chi connectivity index (χ4v) is 1.49. The quantitative estimate of drug-likeness (QED) is 0.659. The van der Waals surface area contributed by atoms with Gasteiger partial charge in [-0.05, 0) is 24.3 Å². The summed E-state index contributed by atoms with van der Waals surface area (Å²) in [5.74, 6) is -1.91. The molecule has 0 aliphatic rings. The topological polar surface area (TPSA) is 66.8 Å². The molecule has 0 amide bonds. The lowest BCUT2D eigenvalue weighted by atomic mass is 10.2. The molecule has 4 nitrogen and oxygen atoms in total. The van der Waals surface area contributed by atoms with Crippen molar-refractivity contribution in [3.8, 4) is 11.5 Å². The molecule has 2 aromatic carbocycles. The number of aromatic hydroxyl groups is 2. The van der Waals surface area contributed by atoms with Crippen LogP contribution in [0.15, 0.2) is 42.5 Å². The fourth-order valence-electron chi connectivity index (χ4n) is 1.49. The van der Waals surface area contributed by atoms with E-state index in [2.05, 4.69) is 0 Å². The van der Waals surface area contributed by atoms with Crippen molar-refractivity contribution in [1.29, 1.82) is 0 Å². The van der Waals surface area contributed by atoms with E-state index >= 15 is 0 Å². The van der Waals surface area contributed by atoms with Gasteiger partial charge in [-0.2, -0.15) is 0 Å². The molecule has 2 N–H and O–H groups in total. The molecule has 0 aromatic heterocycles. The van der Waals surface area contributed by atoms with Gasteiger partial charge in [0.25, 0.3) is 0 Å². The molecule has 0 atom stereocenters. The Morgan fingerprint density at radius 3 is 2.53 bits per heavy atom. The molecule has 98 valence electrons. The molecule has 2 rings (SSSR count). The number of esters is 1. The standard InChI is InChI=1S/C14H11FO4/c15-11-4-2-1-3-10(11)8-19-14(18)9-5-6-12(16)13(17)7-9/h1-7,16-17H,8H2. The third kappa shape index (κ3) is 3.01.